The van der Waals surface area contributed by atoms with Crippen LogP contribution in [0.3, 0.4) is 0 Å². The number of carbonyl (C=O) groups is 4. The van der Waals surface area contributed by atoms with Crippen LogP contribution in [-0.2, 0) is 16.0 Å². The molecule has 3 rings (SSSR count). The van der Waals surface area contributed by atoms with E-state index >= 15 is 0 Å². The zero-order valence-corrected chi connectivity index (χ0v) is 19.9. The van der Waals surface area contributed by atoms with E-state index < -0.39 is 29.1 Å². The van der Waals surface area contributed by atoms with Gasteiger partial charge in [-0.15, -0.1) is 5.10 Å². The Morgan fingerprint density at radius 1 is 1.11 bits per heavy atom. The minimum atomic E-state index is -1.38. The molecule has 13 nitrogen and oxygen atoms in total. The maximum absolute atomic E-state index is 11.8. The molecule has 35 heavy (non-hydrogen) atoms. The number of amides is 1. The number of methoxy groups -OCH3 is 1. The fourth-order valence-electron chi connectivity index (χ4n) is 2.81. The molecule has 0 aliphatic heterocycles. The predicted octanol–water partition coefficient (Wildman–Crippen LogP) is 1.12. The van der Waals surface area contributed by atoms with Crippen LogP contribution < -0.4 is 11.5 Å². The average Bonchev–Trinajstić information content (AvgIpc) is 3.21. The molecule has 2 aromatic heterocycles. The molecule has 0 unspecified atom stereocenters. The van der Waals surface area contributed by atoms with Crippen molar-refractivity contribution in [2.24, 2.45) is 11.5 Å². The monoisotopic (exact) mass is 486 g/mol. The van der Waals surface area contributed by atoms with Gasteiger partial charge in [0.05, 0.1) is 12.7 Å². The topological polar surface area (TPSA) is 202 Å². The Hall–Kier alpha value is -4.39. The number of rotatable bonds is 5. The predicted molar refractivity (Wildman–Crippen MR) is 122 cm³/mol. The number of carboxylic acids is 1. The highest BCUT2D eigenvalue weighted by Crippen LogP contribution is 2.16. The lowest BCUT2D eigenvalue weighted by Gasteiger charge is -2.20. The Morgan fingerprint density at radius 3 is 2.26 bits per heavy atom. The Labute approximate surface area is 200 Å². The van der Waals surface area contributed by atoms with Gasteiger partial charge < -0.3 is 26.0 Å². The number of aryl methyl sites for hydroxylation is 1. The molecule has 13 heteroatoms. The smallest absolute Gasteiger partial charge is 0.356 e. The highest BCUT2D eigenvalue weighted by Gasteiger charge is 2.23. The second-order valence-electron chi connectivity index (χ2n) is 8.22. The Morgan fingerprint density at radius 2 is 1.77 bits per heavy atom. The summed E-state index contributed by atoms with van der Waals surface area (Å²) in [7, 11) is 1.11. The van der Waals surface area contributed by atoms with E-state index in [2.05, 4.69) is 20.0 Å². The summed E-state index contributed by atoms with van der Waals surface area (Å²) in [6, 6.07) is 6.50. The van der Waals surface area contributed by atoms with Gasteiger partial charge in [0.25, 0.3) is 5.91 Å². The molecule has 2 heterocycles. The van der Waals surface area contributed by atoms with Gasteiger partial charge in [0.15, 0.2) is 22.7 Å². The van der Waals surface area contributed by atoms with Crippen LogP contribution in [0.2, 0.25) is 0 Å². The van der Waals surface area contributed by atoms with E-state index in [-0.39, 0.29) is 23.0 Å². The molecule has 0 saturated heterocycles. The quantitative estimate of drug-likeness (QED) is 0.436. The normalized spacial score (nSPS) is 10.8. The number of hydrogen-bond acceptors (Lipinski definition) is 10. The zero-order chi connectivity index (χ0) is 26.5. The summed E-state index contributed by atoms with van der Waals surface area (Å²) in [5.41, 5.74) is 11.4. The molecule has 5 N–H and O–H groups in total. The van der Waals surface area contributed by atoms with Crippen LogP contribution in [0.15, 0.2) is 24.3 Å². The highest BCUT2D eigenvalue weighted by molar-refractivity contribution is 5.99. The summed E-state index contributed by atoms with van der Waals surface area (Å²) >= 11 is 0. The van der Waals surface area contributed by atoms with Crippen LogP contribution in [0.4, 0.5) is 0 Å². The van der Waals surface area contributed by atoms with Gasteiger partial charge in [0, 0.05) is 12.6 Å². The van der Waals surface area contributed by atoms with E-state index in [9.17, 15) is 19.2 Å². The maximum atomic E-state index is 11.8. The number of nitrogens with two attached hydrogens (primary N) is 2. The largest absolute Gasteiger partial charge is 0.477 e. The first-order chi connectivity index (χ1) is 16.3. The van der Waals surface area contributed by atoms with Gasteiger partial charge in [-0.2, -0.15) is 4.52 Å². The van der Waals surface area contributed by atoms with E-state index in [1.807, 2.05) is 39.8 Å². The van der Waals surface area contributed by atoms with Crippen molar-refractivity contribution < 1.29 is 33.8 Å². The third kappa shape index (κ3) is 6.57. The van der Waals surface area contributed by atoms with Crippen LogP contribution in [0.25, 0.3) is 5.65 Å². The van der Waals surface area contributed by atoms with E-state index in [0.29, 0.717) is 12.1 Å². The summed E-state index contributed by atoms with van der Waals surface area (Å²) in [4.78, 5) is 49.1. The van der Waals surface area contributed by atoms with Gasteiger partial charge in [-0.05, 0) is 44.9 Å². The number of ether oxygens (including phenoxy) is 2. The van der Waals surface area contributed by atoms with Crippen molar-refractivity contribution in [3.8, 4) is 0 Å². The summed E-state index contributed by atoms with van der Waals surface area (Å²) in [5.74, 6) is -3.46. The fourth-order valence-corrected chi connectivity index (χ4v) is 2.81. The number of aromatic nitrogens is 4. The molecule has 3 aromatic rings. The SMILES string of the molecule is COC(=O)c1cc(C(=O)O)nc2c(C(N)=O)nnn12.Cc1cc(CN)ccc1C(=O)OC(C)(C)C. The number of nitrogens with zero attached hydrogens (tertiary/aromatic N) is 4. The molecule has 0 bridgehead atoms. The van der Waals surface area contributed by atoms with Crippen molar-refractivity contribution >= 4 is 29.5 Å². The van der Waals surface area contributed by atoms with Crippen LogP contribution in [0.1, 0.15) is 73.7 Å². The molecule has 186 valence electrons. The van der Waals surface area contributed by atoms with Crippen molar-refractivity contribution in [3.63, 3.8) is 0 Å². The molecule has 1 aromatic carbocycles. The third-order valence-corrected chi connectivity index (χ3v) is 4.37. The number of aromatic carboxylic acids is 1. The van der Waals surface area contributed by atoms with Crippen molar-refractivity contribution in [2.45, 2.75) is 39.8 Å². The van der Waals surface area contributed by atoms with Gasteiger partial charge >= 0.3 is 17.9 Å². The summed E-state index contributed by atoms with van der Waals surface area (Å²) < 4.78 is 10.7. The average molecular weight is 486 g/mol. The van der Waals surface area contributed by atoms with Crippen LogP contribution in [0, 0.1) is 6.92 Å². The lowest BCUT2D eigenvalue weighted by atomic mass is 10.0. The van der Waals surface area contributed by atoms with E-state index in [1.165, 1.54) is 0 Å². The van der Waals surface area contributed by atoms with Crippen molar-refractivity contribution in [1.29, 1.82) is 0 Å². The second kappa shape index (κ2) is 10.7. The number of carbonyl (C=O) groups excluding carboxylic acids is 3. The Kier molecular flexibility index (Phi) is 8.21. The van der Waals surface area contributed by atoms with E-state index in [4.69, 9.17) is 21.3 Å². The molecule has 0 radical (unpaired) electrons. The highest BCUT2D eigenvalue weighted by atomic mass is 16.6. The summed E-state index contributed by atoms with van der Waals surface area (Å²) in [5, 5.41) is 15.9. The summed E-state index contributed by atoms with van der Waals surface area (Å²) in [6.45, 7) is 7.94. The van der Waals surface area contributed by atoms with Gasteiger partial charge in [-0.3, -0.25) is 4.79 Å². The minimum absolute atomic E-state index is 0.229. The number of benzene rings is 1. The van der Waals surface area contributed by atoms with Crippen molar-refractivity contribution in [1.82, 2.24) is 19.8 Å². The van der Waals surface area contributed by atoms with Gasteiger partial charge in [0.1, 0.15) is 5.60 Å². The number of hydrogen-bond donors (Lipinski definition) is 3. The minimum Gasteiger partial charge on any atom is -0.477 e. The maximum Gasteiger partial charge on any atom is 0.356 e. The van der Waals surface area contributed by atoms with E-state index in [1.54, 1.807) is 6.07 Å². The van der Waals surface area contributed by atoms with Crippen molar-refractivity contribution in [2.75, 3.05) is 7.11 Å². The Bertz CT molecular complexity index is 1290. The molecule has 0 aliphatic carbocycles. The van der Waals surface area contributed by atoms with Crippen LogP contribution in [0.5, 0.6) is 0 Å². The molecule has 0 aliphatic rings. The zero-order valence-electron chi connectivity index (χ0n) is 19.9. The standard InChI is InChI=1S/C13H19NO2.C9H7N5O5/c1-9-7-10(8-14)5-6-11(9)12(15)16-13(2,3)4;1-19-9(18)4-2-3(8(16)17)11-7-5(6(10)15)12-13-14(4)7/h5-7H,8,14H2,1-4H3;2H,1H3,(H2,10,15)(H,16,17). The number of esters is 2. The lowest BCUT2D eigenvalue weighted by Crippen LogP contribution is -2.24. The van der Waals surface area contributed by atoms with Crippen molar-refractivity contribution in [3.05, 3.63) is 58.0 Å². The van der Waals surface area contributed by atoms with Crippen LogP contribution in [-0.4, -0.2) is 61.4 Å². The number of primary amides is 1. The molecule has 0 saturated carbocycles. The van der Waals surface area contributed by atoms with Gasteiger partial charge in [0.2, 0.25) is 0 Å². The summed E-state index contributed by atoms with van der Waals surface area (Å²) in [6.07, 6.45) is 0. The fraction of sp³-hybridized carbons (Fsp3) is 0.318. The number of fused-ring (bicyclic) bond motifs is 1. The molecular formula is C22H26N6O7. The first kappa shape index (κ1) is 26.9. The van der Waals surface area contributed by atoms with Gasteiger partial charge in [-0.25, -0.2) is 19.4 Å². The lowest BCUT2D eigenvalue weighted by molar-refractivity contribution is 0.00682. The number of carboxylic acid groups (broad SMARTS) is 1. The molecule has 0 atom stereocenters. The molecule has 0 spiro atoms. The van der Waals surface area contributed by atoms with Gasteiger partial charge in [-0.1, -0.05) is 17.3 Å². The molecular weight excluding hydrogens is 460 g/mol. The third-order valence-electron chi connectivity index (χ3n) is 4.37. The van der Waals surface area contributed by atoms with E-state index in [0.717, 1.165) is 28.8 Å². The van der Waals surface area contributed by atoms with Crippen LogP contribution >= 0.6 is 0 Å². The Balaban J connectivity index is 0.000000251. The molecule has 1 amide bonds. The first-order valence-corrected chi connectivity index (χ1v) is 10.2. The first-order valence-electron chi connectivity index (χ1n) is 10.2. The second-order valence-corrected chi connectivity index (χ2v) is 8.22. The molecule has 0 fully saturated rings.